The van der Waals surface area contributed by atoms with Crippen molar-refractivity contribution in [3.63, 3.8) is 0 Å². The number of morpholine rings is 1. The van der Waals surface area contributed by atoms with E-state index in [1.165, 1.54) is 11.1 Å². The summed E-state index contributed by atoms with van der Waals surface area (Å²) in [7, 11) is 0. The Morgan fingerprint density at radius 3 is 2.14 bits per heavy atom. The first kappa shape index (κ1) is 35.0. The van der Waals surface area contributed by atoms with Crippen LogP contribution in [0.5, 0.6) is 0 Å². The van der Waals surface area contributed by atoms with Gasteiger partial charge in [0.2, 0.25) is 0 Å². The topological polar surface area (TPSA) is 58.0 Å². The zero-order valence-electron chi connectivity index (χ0n) is 28.5. The van der Waals surface area contributed by atoms with E-state index in [2.05, 4.69) is 38.6 Å². The molecule has 51 heavy (non-hydrogen) atoms. The lowest BCUT2D eigenvalue weighted by molar-refractivity contribution is 0.0193. The summed E-state index contributed by atoms with van der Waals surface area (Å²) in [5.74, 6) is -0.105. The summed E-state index contributed by atoms with van der Waals surface area (Å²) >= 11 is 6.72. The van der Waals surface area contributed by atoms with Crippen molar-refractivity contribution < 1.29 is 14.3 Å². The van der Waals surface area contributed by atoms with Gasteiger partial charge in [-0.25, -0.2) is 0 Å². The number of carbonyl (C=O) groups excluding carboxylic acids is 2. The molecular weight excluding hydrogens is 679 g/mol. The Labute approximate surface area is 310 Å². The van der Waals surface area contributed by atoms with E-state index in [4.69, 9.17) is 16.3 Å². The van der Waals surface area contributed by atoms with E-state index in [1.807, 2.05) is 84.9 Å². The standard InChI is InChI=1S/C42H41ClN4O3.ClH/c43-32-18-19-36(41(48)46-28-31-12-8-7-11-30(31)25-35(46)29-44-21-23-50-24-22-44)37(26-32)40-27-38(39-17-9-10-20-45(39)40)42(49)47(33-13-3-1-4-14-33)34-15-5-2-6-16-34;/h1-8,11-16,18-19,26-27,35H,9-10,17,20-25,28-29H2;1H/t35-;/m0./s1. The molecule has 0 saturated carbocycles. The van der Waals surface area contributed by atoms with Crippen molar-refractivity contribution >= 4 is 47.2 Å². The predicted molar refractivity (Wildman–Crippen MR) is 205 cm³/mol. The third kappa shape index (κ3) is 7.09. The first-order valence-electron chi connectivity index (χ1n) is 17.7. The summed E-state index contributed by atoms with van der Waals surface area (Å²) in [6, 6.07) is 35.7. The van der Waals surface area contributed by atoms with Gasteiger partial charge in [0.15, 0.2) is 0 Å². The van der Waals surface area contributed by atoms with Gasteiger partial charge in [0.1, 0.15) is 0 Å². The van der Waals surface area contributed by atoms with Gasteiger partial charge >= 0.3 is 0 Å². The maximum Gasteiger partial charge on any atom is 0.264 e. The molecule has 0 spiro atoms. The minimum atomic E-state index is -0.0904. The molecule has 3 aliphatic heterocycles. The van der Waals surface area contributed by atoms with Gasteiger partial charge in [-0.15, -0.1) is 12.4 Å². The Kier molecular flexibility index (Phi) is 10.6. The second-order valence-electron chi connectivity index (χ2n) is 13.5. The van der Waals surface area contributed by atoms with Crippen LogP contribution in [0.25, 0.3) is 11.3 Å². The maximum absolute atomic E-state index is 14.9. The molecular formula is C42H42Cl2N4O3. The molecule has 1 atom stereocenters. The number of nitrogens with zero attached hydrogens (tertiary/aromatic N) is 4. The van der Waals surface area contributed by atoms with Crippen molar-refractivity contribution in [2.45, 2.75) is 44.8 Å². The normalized spacial score (nSPS) is 17.2. The predicted octanol–water partition coefficient (Wildman–Crippen LogP) is 8.44. The van der Waals surface area contributed by atoms with Gasteiger partial charge < -0.3 is 14.2 Å². The Balaban J connectivity index is 0.00000406. The van der Waals surface area contributed by atoms with Crippen molar-refractivity contribution in [3.05, 3.63) is 142 Å². The zero-order chi connectivity index (χ0) is 34.0. The first-order chi connectivity index (χ1) is 24.5. The van der Waals surface area contributed by atoms with E-state index in [0.29, 0.717) is 35.9 Å². The number of ether oxygens (including phenoxy) is 1. The number of fused-ring (bicyclic) bond motifs is 2. The molecule has 0 aliphatic carbocycles. The van der Waals surface area contributed by atoms with E-state index in [9.17, 15) is 9.59 Å². The molecule has 8 rings (SSSR count). The monoisotopic (exact) mass is 720 g/mol. The van der Waals surface area contributed by atoms with Crippen molar-refractivity contribution in [1.82, 2.24) is 14.4 Å². The van der Waals surface area contributed by atoms with E-state index in [1.54, 1.807) is 4.90 Å². The average molecular weight is 722 g/mol. The number of amides is 2. The fourth-order valence-corrected chi connectivity index (χ4v) is 8.05. The number of halogens is 2. The minimum absolute atomic E-state index is 0. The molecule has 7 nitrogen and oxygen atoms in total. The van der Waals surface area contributed by atoms with Crippen LogP contribution in [0, 0.1) is 0 Å². The highest BCUT2D eigenvalue weighted by atomic mass is 35.5. The van der Waals surface area contributed by atoms with Crippen molar-refractivity contribution in [2.24, 2.45) is 0 Å². The summed E-state index contributed by atoms with van der Waals surface area (Å²) in [5, 5.41) is 0.555. The lowest BCUT2D eigenvalue weighted by Crippen LogP contribution is -2.52. The lowest BCUT2D eigenvalue weighted by Gasteiger charge is -2.40. The second kappa shape index (κ2) is 15.5. The van der Waals surface area contributed by atoms with Gasteiger partial charge in [-0.3, -0.25) is 19.4 Å². The third-order valence-corrected chi connectivity index (χ3v) is 10.6. The fourth-order valence-electron chi connectivity index (χ4n) is 7.88. The van der Waals surface area contributed by atoms with Crippen molar-refractivity contribution in [3.8, 4) is 11.3 Å². The van der Waals surface area contributed by atoms with E-state index >= 15 is 0 Å². The molecule has 1 aromatic heterocycles. The van der Waals surface area contributed by atoms with Gasteiger partial charge in [0.25, 0.3) is 11.8 Å². The van der Waals surface area contributed by atoms with Gasteiger partial charge in [-0.05, 0) is 85.3 Å². The van der Waals surface area contributed by atoms with Crippen molar-refractivity contribution in [2.75, 3.05) is 37.7 Å². The molecule has 1 saturated heterocycles. The van der Waals surface area contributed by atoms with Crippen LogP contribution in [0.4, 0.5) is 11.4 Å². The van der Waals surface area contributed by atoms with E-state index < -0.39 is 0 Å². The largest absolute Gasteiger partial charge is 0.379 e. The van der Waals surface area contributed by atoms with Crippen LogP contribution in [0.15, 0.2) is 109 Å². The molecule has 9 heteroatoms. The number of carbonyl (C=O) groups is 2. The molecule has 2 amide bonds. The number of anilines is 2. The summed E-state index contributed by atoms with van der Waals surface area (Å²) in [4.78, 5) is 35.9. The highest BCUT2D eigenvalue weighted by molar-refractivity contribution is 6.31. The summed E-state index contributed by atoms with van der Waals surface area (Å²) in [6.07, 6.45) is 3.58. The van der Waals surface area contributed by atoms with Crippen molar-refractivity contribution in [1.29, 1.82) is 0 Å². The zero-order valence-corrected chi connectivity index (χ0v) is 30.1. The Bertz CT molecular complexity index is 1970. The molecule has 1 fully saturated rings. The van der Waals surface area contributed by atoms with Crippen LogP contribution >= 0.6 is 24.0 Å². The van der Waals surface area contributed by atoms with Crippen LogP contribution in [0.1, 0.15) is 50.4 Å². The molecule has 0 bridgehead atoms. The highest BCUT2D eigenvalue weighted by Crippen LogP contribution is 2.38. The average Bonchev–Trinajstić information content (AvgIpc) is 3.55. The number of aromatic nitrogens is 1. The summed E-state index contributed by atoms with van der Waals surface area (Å²) in [6.45, 7) is 5.26. The molecule has 0 unspecified atom stereocenters. The molecule has 0 radical (unpaired) electrons. The van der Waals surface area contributed by atoms with Gasteiger partial charge in [-0.2, -0.15) is 0 Å². The molecule has 5 aromatic rings. The Hall–Kier alpha value is -4.40. The minimum Gasteiger partial charge on any atom is -0.379 e. The van der Waals surface area contributed by atoms with Gasteiger partial charge in [-0.1, -0.05) is 72.3 Å². The SMILES string of the molecule is Cl.O=C(c1cc(-c2cc(Cl)ccc2C(=O)N2Cc3ccccc3C[C@H]2CN2CCOCC2)n2c1CCCC2)N(c1ccccc1)c1ccccc1. The van der Waals surface area contributed by atoms with Crippen LogP contribution in [-0.4, -0.2) is 65.1 Å². The third-order valence-electron chi connectivity index (χ3n) is 10.4. The maximum atomic E-state index is 14.9. The number of benzene rings is 4. The van der Waals surface area contributed by atoms with Crippen LogP contribution in [-0.2, 0) is 30.7 Å². The van der Waals surface area contributed by atoms with Crippen LogP contribution in [0.2, 0.25) is 5.02 Å². The number of para-hydroxylation sites is 2. The first-order valence-corrected chi connectivity index (χ1v) is 18.1. The fraction of sp³-hybridized carbons (Fsp3) is 0.286. The number of hydrogen-bond donors (Lipinski definition) is 0. The molecule has 262 valence electrons. The second-order valence-corrected chi connectivity index (χ2v) is 13.9. The molecule has 0 N–H and O–H groups in total. The quantitative estimate of drug-likeness (QED) is 0.169. The lowest BCUT2D eigenvalue weighted by atomic mass is 9.92. The van der Waals surface area contributed by atoms with Gasteiger partial charge in [0.05, 0.1) is 18.8 Å². The molecule has 3 aliphatic rings. The Morgan fingerprint density at radius 1 is 0.765 bits per heavy atom. The molecule has 4 aromatic carbocycles. The smallest absolute Gasteiger partial charge is 0.264 e. The highest BCUT2D eigenvalue weighted by Gasteiger charge is 2.35. The number of rotatable bonds is 7. The van der Waals surface area contributed by atoms with Crippen LogP contribution < -0.4 is 4.90 Å². The van der Waals surface area contributed by atoms with Crippen LogP contribution in [0.3, 0.4) is 0 Å². The summed E-state index contributed by atoms with van der Waals surface area (Å²) in [5.41, 5.74) is 7.98. The van der Waals surface area contributed by atoms with Gasteiger partial charge in [0, 0.05) is 77.7 Å². The molecule has 4 heterocycles. The Morgan fingerprint density at radius 2 is 1.43 bits per heavy atom. The number of hydrogen-bond acceptors (Lipinski definition) is 4. The summed E-state index contributed by atoms with van der Waals surface area (Å²) < 4.78 is 7.88. The van der Waals surface area contributed by atoms with E-state index in [0.717, 1.165) is 80.2 Å². The van der Waals surface area contributed by atoms with E-state index in [-0.39, 0.29) is 30.3 Å².